The third kappa shape index (κ3) is 3.74. The van der Waals surface area contributed by atoms with Gasteiger partial charge in [-0.1, -0.05) is 6.07 Å². The Hall–Kier alpha value is -2.27. The smallest absolute Gasteiger partial charge is 0.323 e. The molecule has 5 heteroatoms. The van der Waals surface area contributed by atoms with Gasteiger partial charge >= 0.3 is 5.97 Å². The molecule has 1 aliphatic carbocycles. The molecule has 1 aromatic carbocycles. The van der Waals surface area contributed by atoms with Crippen molar-refractivity contribution in [3.05, 3.63) is 53.0 Å². The average Bonchev–Trinajstić information content (AvgIpc) is 3.20. The summed E-state index contributed by atoms with van der Waals surface area (Å²) in [6, 6.07) is 9.19. The first kappa shape index (κ1) is 15.6. The highest BCUT2D eigenvalue weighted by molar-refractivity contribution is 5.75. The Labute approximate surface area is 135 Å². The minimum atomic E-state index is -0.711. The predicted octanol–water partition coefficient (Wildman–Crippen LogP) is 2.39. The van der Waals surface area contributed by atoms with Crippen molar-refractivity contribution in [2.24, 2.45) is 5.73 Å². The minimum Gasteiger partial charge on any atom is -0.486 e. The average molecular weight is 315 g/mol. The minimum absolute atomic E-state index is 0.311. The van der Waals surface area contributed by atoms with Crippen LogP contribution in [0.3, 0.4) is 0 Å². The molecule has 2 N–H and O–H groups in total. The predicted molar refractivity (Wildman–Crippen MR) is 85.2 cm³/mol. The first-order valence-electron chi connectivity index (χ1n) is 7.81. The number of rotatable bonds is 6. The number of nitrogens with two attached hydrogens (primary N) is 1. The zero-order chi connectivity index (χ0) is 16.2. The van der Waals surface area contributed by atoms with E-state index in [0.29, 0.717) is 24.5 Å². The van der Waals surface area contributed by atoms with Gasteiger partial charge in [0.05, 0.1) is 7.11 Å². The molecule has 0 saturated carbocycles. The lowest BCUT2D eigenvalue weighted by atomic mass is 10.1. The van der Waals surface area contributed by atoms with Gasteiger partial charge in [0, 0.05) is 6.42 Å². The highest BCUT2D eigenvalue weighted by Crippen LogP contribution is 2.26. The zero-order valence-electron chi connectivity index (χ0n) is 13.2. The third-order valence-corrected chi connectivity index (χ3v) is 4.09. The standard InChI is InChI=1S/C18H21NO4/c1-21-18(20)17(19)10-15-7-8-16(23-15)11-22-14-6-5-12-3-2-4-13(12)9-14/h5-9,17H,2-4,10-11,19H2,1H3. The first-order chi connectivity index (χ1) is 11.2. The fourth-order valence-electron chi connectivity index (χ4n) is 2.85. The van der Waals surface area contributed by atoms with E-state index in [9.17, 15) is 4.79 Å². The molecule has 23 heavy (non-hydrogen) atoms. The number of fused-ring (bicyclic) bond motifs is 1. The topological polar surface area (TPSA) is 74.7 Å². The monoisotopic (exact) mass is 315 g/mol. The van der Waals surface area contributed by atoms with Crippen molar-refractivity contribution >= 4 is 5.97 Å². The van der Waals surface area contributed by atoms with Crippen LogP contribution in [0.5, 0.6) is 5.75 Å². The Bertz CT molecular complexity index is 692. The van der Waals surface area contributed by atoms with E-state index in [0.717, 1.165) is 18.6 Å². The van der Waals surface area contributed by atoms with Crippen LogP contribution in [0, 0.1) is 0 Å². The highest BCUT2D eigenvalue weighted by Gasteiger charge is 2.16. The van der Waals surface area contributed by atoms with Gasteiger partial charge in [0.1, 0.15) is 29.9 Å². The van der Waals surface area contributed by atoms with E-state index in [1.54, 1.807) is 0 Å². The van der Waals surface area contributed by atoms with Gasteiger partial charge in [-0.15, -0.1) is 0 Å². The van der Waals surface area contributed by atoms with Gasteiger partial charge in [-0.25, -0.2) is 0 Å². The van der Waals surface area contributed by atoms with Gasteiger partial charge in [-0.3, -0.25) is 4.79 Å². The second-order valence-electron chi connectivity index (χ2n) is 5.77. The van der Waals surface area contributed by atoms with Crippen molar-refractivity contribution in [1.29, 1.82) is 0 Å². The van der Waals surface area contributed by atoms with Gasteiger partial charge in [-0.2, -0.15) is 0 Å². The number of carbonyl (C=O) groups excluding carboxylic acids is 1. The number of ether oxygens (including phenoxy) is 2. The fraction of sp³-hybridized carbons (Fsp3) is 0.389. The summed E-state index contributed by atoms with van der Waals surface area (Å²) in [6.45, 7) is 0.353. The van der Waals surface area contributed by atoms with Crippen molar-refractivity contribution in [1.82, 2.24) is 0 Å². The van der Waals surface area contributed by atoms with Gasteiger partial charge in [-0.05, 0) is 54.7 Å². The normalized spacial score (nSPS) is 14.3. The molecular formula is C18H21NO4. The summed E-state index contributed by atoms with van der Waals surface area (Å²) in [6.07, 6.45) is 3.83. The highest BCUT2D eigenvalue weighted by atomic mass is 16.5. The maximum Gasteiger partial charge on any atom is 0.323 e. The summed E-state index contributed by atoms with van der Waals surface area (Å²) in [5, 5.41) is 0. The second kappa shape index (κ2) is 6.87. The van der Waals surface area contributed by atoms with E-state index in [1.165, 1.54) is 24.7 Å². The molecule has 1 unspecified atom stereocenters. The zero-order valence-corrected chi connectivity index (χ0v) is 13.2. The summed E-state index contributed by atoms with van der Waals surface area (Å²) in [4.78, 5) is 11.3. The summed E-state index contributed by atoms with van der Waals surface area (Å²) in [5.74, 6) is 1.76. The molecule has 1 atom stereocenters. The molecule has 0 aliphatic heterocycles. The van der Waals surface area contributed by atoms with Crippen molar-refractivity contribution < 1.29 is 18.7 Å². The molecule has 1 aromatic heterocycles. The maximum atomic E-state index is 11.3. The van der Waals surface area contributed by atoms with E-state index in [2.05, 4.69) is 16.9 Å². The Balaban J connectivity index is 1.56. The number of esters is 1. The van der Waals surface area contributed by atoms with Crippen molar-refractivity contribution in [2.45, 2.75) is 38.3 Å². The molecule has 122 valence electrons. The number of benzene rings is 1. The van der Waals surface area contributed by atoms with Crippen LogP contribution in [0.2, 0.25) is 0 Å². The lowest BCUT2D eigenvalue weighted by Crippen LogP contribution is -2.33. The van der Waals surface area contributed by atoms with Crippen molar-refractivity contribution in [3.63, 3.8) is 0 Å². The summed E-state index contributed by atoms with van der Waals surface area (Å²) in [7, 11) is 1.32. The lowest BCUT2D eigenvalue weighted by Gasteiger charge is -2.08. The summed E-state index contributed by atoms with van der Waals surface area (Å²) in [5.41, 5.74) is 8.53. The largest absolute Gasteiger partial charge is 0.486 e. The van der Waals surface area contributed by atoms with Crippen molar-refractivity contribution in [2.75, 3.05) is 7.11 Å². The molecule has 0 saturated heterocycles. The van der Waals surface area contributed by atoms with Crippen LogP contribution in [0.1, 0.15) is 29.1 Å². The van der Waals surface area contributed by atoms with Crippen LogP contribution >= 0.6 is 0 Å². The van der Waals surface area contributed by atoms with E-state index in [4.69, 9.17) is 14.9 Å². The van der Waals surface area contributed by atoms with Crippen LogP contribution in [0.4, 0.5) is 0 Å². The lowest BCUT2D eigenvalue weighted by molar-refractivity contribution is -0.142. The fourth-order valence-corrected chi connectivity index (χ4v) is 2.85. The molecule has 1 aliphatic rings. The Morgan fingerprint density at radius 2 is 2.00 bits per heavy atom. The molecule has 0 radical (unpaired) electrons. The third-order valence-electron chi connectivity index (χ3n) is 4.09. The Morgan fingerprint density at radius 1 is 1.22 bits per heavy atom. The number of furan rings is 1. The van der Waals surface area contributed by atoms with Gasteiger partial charge in [0.2, 0.25) is 0 Å². The van der Waals surface area contributed by atoms with Gasteiger partial charge < -0.3 is 19.6 Å². The van der Waals surface area contributed by atoms with Crippen LogP contribution in [0.15, 0.2) is 34.7 Å². The first-order valence-corrected chi connectivity index (χ1v) is 7.81. The number of hydrogen-bond acceptors (Lipinski definition) is 5. The molecule has 0 spiro atoms. The van der Waals surface area contributed by atoms with Gasteiger partial charge in [0.15, 0.2) is 0 Å². The molecule has 0 bridgehead atoms. The number of aryl methyl sites for hydroxylation is 2. The van der Waals surface area contributed by atoms with Crippen LogP contribution in [-0.4, -0.2) is 19.1 Å². The van der Waals surface area contributed by atoms with E-state index in [-0.39, 0.29) is 0 Å². The van der Waals surface area contributed by atoms with Gasteiger partial charge in [0.25, 0.3) is 0 Å². The van der Waals surface area contributed by atoms with E-state index in [1.807, 2.05) is 18.2 Å². The molecule has 3 rings (SSSR count). The number of carbonyl (C=O) groups is 1. The number of hydrogen-bond donors (Lipinski definition) is 1. The number of methoxy groups -OCH3 is 1. The molecule has 2 aromatic rings. The molecule has 0 amide bonds. The van der Waals surface area contributed by atoms with E-state index < -0.39 is 12.0 Å². The summed E-state index contributed by atoms with van der Waals surface area (Å²) < 4.78 is 16.0. The maximum absolute atomic E-state index is 11.3. The van der Waals surface area contributed by atoms with Crippen LogP contribution in [-0.2, 0) is 35.4 Å². The molecular weight excluding hydrogens is 294 g/mol. The molecule has 1 heterocycles. The SMILES string of the molecule is COC(=O)C(N)Cc1ccc(COc2ccc3c(c2)CCC3)o1. The Kier molecular flexibility index (Phi) is 4.67. The Morgan fingerprint density at radius 3 is 2.83 bits per heavy atom. The molecule has 0 fully saturated rings. The van der Waals surface area contributed by atoms with Crippen LogP contribution in [0.25, 0.3) is 0 Å². The summed E-state index contributed by atoms with van der Waals surface area (Å²) >= 11 is 0. The molecule has 5 nitrogen and oxygen atoms in total. The second-order valence-corrected chi connectivity index (χ2v) is 5.77. The van der Waals surface area contributed by atoms with Crippen LogP contribution < -0.4 is 10.5 Å². The van der Waals surface area contributed by atoms with E-state index >= 15 is 0 Å². The quantitative estimate of drug-likeness (QED) is 0.829. The van der Waals surface area contributed by atoms with Crippen molar-refractivity contribution in [3.8, 4) is 5.75 Å².